The van der Waals surface area contributed by atoms with Crippen LogP contribution in [0.5, 0.6) is 0 Å². The average Bonchev–Trinajstić information content (AvgIpc) is 2.47. The molecule has 0 fully saturated rings. The Morgan fingerprint density at radius 1 is 1.54 bits per heavy atom. The number of methoxy groups -OCH3 is 1. The number of hydrogen-bond donors (Lipinski definition) is 0. The summed E-state index contributed by atoms with van der Waals surface area (Å²) in [5.74, 6) is 0. The third-order valence-corrected chi connectivity index (χ3v) is 1.54. The number of imidazole rings is 1. The molecule has 0 saturated carbocycles. The van der Waals surface area contributed by atoms with Crippen molar-refractivity contribution in [3.63, 3.8) is 0 Å². The lowest BCUT2D eigenvalue weighted by atomic mass is 10.8. The summed E-state index contributed by atoms with van der Waals surface area (Å²) < 4.78 is 14.2. The molecule has 1 atom stereocenters. The first-order valence-corrected chi connectivity index (χ1v) is 3.95. The van der Waals surface area contributed by atoms with Gasteiger partial charge in [-0.1, -0.05) is 0 Å². The average molecular weight is 207 g/mol. The largest absolute Gasteiger partial charge is 1.00 e. The normalized spacial score (nSPS) is 12.2. The second-order valence-electron chi connectivity index (χ2n) is 2.52. The summed E-state index contributed by atoms with van der Waals surface area (Å²) >= 11 is 0. The monoisotopic (exact) mass is 206 g/mol. The summed E-state index contributed by atoms with van der Waals surface area (Å²) in [6.07, 6.45) is 5.44. The van der Waals surface area contributed by atoms with E-state index in [0.29, 0.717) is 6.61 Å². The van der Waals surface area contributed by atoms with E-state index in [1.807, 2.05) is 41.8 Å². The number of hydrogen-bond acceptors (Lipinski definition) is 2. The van der Waals surface area contributed by atoms with E-state index < -0.39 is 0 Å². The van der Waals surface area contributed by atoms with E-state index in [4.69, 9.17) is 9.47 Å². The minimum Gasteiger partial charge on any atom is -1.00 e. The molecule has 0 aliphatic heterocycles. The summed E-state index contributed by atoms with van der Waals surface area (Å²) in [6.45, 7) is 2.58. The molecule has 0 aliphatic carbocycles. The first-order valence-electron chi connectivity index (χ1n) is 3.95. The molecule has 13 heavy (non-hydrogen) atoms. The Balaban J connectivity index is 0.00000144. The molecule has 0 amide bonds. The molecule has 4 nitrogen and oxygen atoms in total. The van der Waals surface area contributed by atoms with Gasteiger partial charge in [0.25, 0.3) is 0 Å². The SMILES string of the molecule is CCOC(OC)n1cc[n+](C)c1.[Cl-]. The molecule has 1 heterocycles. The fourth-order valence-corrected chi connectivity index (χ4v) is 1.01. The van der Waals surface area contributed by atoms with Crippen LogP contribution in [0.3, 0.4) is 0 Å². The molecule has 76 valence electrons. The van der Waals surface area contributed by atoms with Gasteiger partial charge in [0.1, 0.15) is 12.4 Å². The Hall–Kier alpha value is -0.580. The quantitative estimate of drug-likeness (QED) is 0.401. The number of aromatic nitrogens is 2. The lowest BCUT2D eigenvalue weighted by Gasteiger charge is -2.10. The molecule has 1 rings (SSSR count). The third-order valence-electron chi connectivity index (χ3n) is 1.54. The van der Waals surface area contributed by atoms with Gasteiger partial charge in [-0.3, -0.25) is 0 Å². The maximum Gasteiger partial charge on any atom is 0.316 e. The van der Waals surface area contributed by atoms with Gasteiger partial charge in [-0.2, -0.15) is 4.57 Å². The minimum absolute atomic E-state index is 0. The van der Waals surface area contributed by atoms with Gasteiger partial charge >= 0.3 is 6.41 Å². The van der Waals surface area contributed by atoms with Crippen LogP contribution in [0.25, 0.3) is 0 Å². The highest BCUT2D eigenvalue weighted by Crippen LogP contribution is 2.06. The van der Waals surface area contributed by atoms with Crippen LogP contribution in [0.15, 0.2) is 18.7 Å². The molecule has 0 radical (unpaired) electrons. The fraction of sp³-hybridized carbons (Fsp3) is 0.625. The fourth-order valence-electron chi connectivity index (χ4n) is 1.01. The van der Waals surface area contributed by atoms with Crippen molar-refractivity contribution in [1.29, 1.82) is 0 Å². The van der Waals surface area contributed by atoms with Crippen LogP contribution in [0, 0.1) is 0 Å². The maximum absolute atomic E-state index is 5.32. The third kappa shape index (κ3) is 3.34. The molecular formula is C8H15ClN2O2. The highest BCUT2D eigenvalue weighted by Gasteiger charge is 2.13. The summed E-state index contributed by atoms with van der Waals surface area (Å²) in [5, 5.41) is 0. The number of nitrogens with zero attached hydrogens (tertiary/aromatic N) is 2. The molecule has 1 unspecified atom stereocenters. The minimum atomic E-state index is -0.309. The highest BCUT2D eigenvalue weighted by molar-refractivity contribution is 4.66. The van der Waals surface area contributed by atoms with Crippen LogP contribution in [0.2, 0.25) is 0 Å². The van der Waals surface area contributed by atoms with Gasteiger partial charge in [0, 0.05) is 7.11 Å². The van der Waals surface area contributed by atoms with Crippen LogP contribution >= 0.6 is 0 Å². The molecule has 1 aromatic heterocycles. The van der Waals surface area contributed by atoms with Crippen molar-refractivity contribution < 1.29 is 26.4 Å². The summed E-state index contributed by atoms with van der Waals surface area (Å²) in [5.41, 5.74) is 0. The van der Waals surface area contributed by atoms with E-state index in [9.17, 15) is 0 Å². The highest BCUT2D eigenvalue weighted by atomic mass is 35.5. The van der Waals surface area contributed by atoms with Crippen LogP contribution in [0.1, 0.15) is 13.3 Å². The van der Waals surface area contributed by atoms with Crippen molar-refractivity contribution >= 4 is 0 Å². The van der Waals surface area contributed by atoms with Crippen molar-refractivity contribution in [3.05, 3.63) is 18.7 Å². The molecule has 0 saturated heterocycles. The first-order chi connectivity index (χ1) is 5.77. The van der Waals surface area contributed by atoms with Gasteiger partial charge in [0.15, 0.2) is 0 Å². The molecule has 0 aliphatic rings. The number of ether oxygens (including phenoxy) is 2. The lowest BCUT2D eigenvalue weighted by Crippen LogP contribution is -3.00. The topological polar surface area (TPSA) is 27.3 Å². The maximum atomic E-state index is 5.32. The molecule has 0 aromatic carbocycles. The Labute approximate surface area is 84.5 Å². The standard InChI is InChI=1S/C8H15N2O2.ClH/c1-4-12-8(11-3)10-6-5-9(2)7-10;/h5-8H,4H2,1-3H3;1H/q+1;/p-1. The van der Waals surface area contributed by atoms with Gasteiger partial charge in [-0.05, 0) is 6.92 Å². The van der Waals surface area contributed by atoms with Gasteiger partial charge in [0.05, 0.1) is 13.7 Å². The molecule has 5 heteroatoms. The second-order valence-corrected chi connectivity index (χ2v) is 2.52. The van der Waals surface area contributed by atoms with E-state index >= 15 is 0 Å². The van der Waals surface area contributed by atoms with Gasteiger partial charge in [-0.25, -0.2) is 4.57 Å². The Morgan fingerprint density at radius 2 is 2.23 bits per heavy atom. The van der Waals surface area contributed by atoms with Crippen molar-refractivity contribution in [2.75, 3.05) is 13.7 Å². The van der Waals surface area contributed by atoms with E-state index in [1.165, 1.54) is 0 Å². The Kier molecular flexibility index (Phi) is 5.70. The van der Waals surface area contributed by atoms with Crippen molar-refractivity contribution in [2.45, 2.75) is 13.3 Å². The lowest BCUT2D eigenvalue weighted by molar-refractivity contribution is -0.671. The number of aryl methyl sites for hydroxylation is 1. The smallest absolute Gasteiger partial charge is 0.316 e. The molecule has 0 bridgehead atoms. The van der Waals surface area contributed by atoms with E-state index in [2.05, 4.69) is 0 Å². The number of halogens is 1. The van der Waals surface area contributed by atoms with Crippen LogP contribution in [-0.4, -0.2) is 18.3 Å². The zero-order chi connectivity index (χ0) is 8.97. The predicted octanol–water partition coefficient (Wildman–Crippen LogP) is -2.54. The van der Waals surface area contributed by atoms with Crippen LogP contribution < -0.4 is 17.0 Å². The Bertz CT molecular complexity index is 240. The van der Waals surface area contributed by atoms with Gasteiger partial charge in [0.2, 0.25) is 6.33 Å². The second kappa shape index (κ2) is 5.96. The molecule has 0 spiro atoms. The first kappa shape index (κ1) is 12.4. The van der Waals surface area contributed by atoms with Crippen molar-refractivity contribution in [1.82, 2.24) is 4.57 Å². The zero-order valence-corrected chi connectivity index (χ0v) is 8.86. The Morgan fingerprint density at radius 3 is 2.62 bits per heavy atom. The van der Waals surface area contributed by atoms with E-state index in [-0.39, 0.29) is 18.8 Å². The molecule has 0 N–H and O–H groups in total. The van der Waals surface area contributed by atoms with Gasteiger partial charge in [-0.15, -0.1) is 0 Å². The summed E-state index contributed by atoms with van der Waals surface area (Å²) in [6, 6.07) is 0. The number of rotatable bonds is 4. The van der Waals surface area contributed by atoms with Crippen LogP contribution in [0.4, 0.5) is 0 Å². The molecule has 1 aromatic rings. The zero-order valence-electron chi connectivity index (χ0n) is 8.11. The summed E-state index contributed by atoms with van der Waals surface area (Å²) in [4.78, 5) is 0. The molecular weight excluding hydrogens is 192 g/mol. The van der Waals surface area contributed by atoms with Gasteiger partial charge < -0.3 is 21.9 Å². The predicted molar refractivity (Wildman–Crippen MR) is 43.3 cm³/mol. The van der Waals surface area contributed by atoms with E-state index in [1.54, 1.807) is 7.11 Å². The van der Waals surface area contributed by atoms with Crippen molar-refractivity contribution in [3.8, 4) is 0 Å². The van der Waals surface area contributed by atoms with Crippen LogP contribution in [-0.2, 0) is 16.5 Å². The van der Waals surface area contributed by atoms with Crippen molar-refractivity contribution in [2.24, 2.45) is 7.05 Å². The summed E-state index contributed by atoms with van der Waals surface area (Å²) in [7, 11) is 3.58. The van der Waals surface area contributed by atoms with E-state index in [0.717, 1.165) is 0 Å².